The average molecular weight is 471 g/mol. The highest BCUT2D eigenvalue weighted by Gasteiger charge is 2.17. The van der Waals surface area contributed by atoms with Crippen molar-refractivity contribution in [3.05, 3.63) is 72.3 Å². The molecular formula is C29H30N2O2S. The van der Waals surface area contributed by atoms with Crippen molar-refractivity contribution in [2.45, 2.75) is 32.2 Å². The number of phenolic OH excluding ortho intramolecular Hbond substituents is 1. The highest BCUT2D eigenvalue weighted by Crippen LogP contribution is 2.42. The molecule has 1 saturated heterocycles. The molecular weight excluding hydrogens is 440 g/mol. The molecule has 34 heavy (non-hydrogen) atoms. The van der Waals surface area contributed by atoms with Crippen LogP contribution in [0.4, 0.5) is 0 Å². The van der Waals surface area contributed by atoms with Crippen LogP contribution in [0, 0.1) is 0 Å². The summed E-state index contributed by atoms with van der Waals surface area (Å²) in [5.41, 5.74) is 3.75. The smallest absolute Gasteiger partial charge is 0.119 e. The van der Waals surface area contributed by atoms with Crippen LogP contribution in [-0.2, 0) is 6.54 Å². The lowest BCUT2D eigenvalue weighted by atomic mass is 10.2. The van der Waals surface area contributed by atoms with Crippen molar-refractivity contribution in [2.24, 2.45) is 0 Å². The van der Waals surface area contributed by atoms with Crippen LogP contribution in [0.3, 0.4) is 0 Å². The van der Waals surface area contributed by atoms with Gasteiger partial charge in [-0.2, -0.15) is 0 Å². The molecule has 0 saturated carbocycles. The Bertz CT molecular complexity index is 1430. The van der Waals surface area contributed by atoms with Crippen molar-refractivity contribution >= 4 is 42.5 Å². The summed E-state index contributed by atoms with van der Waals surface area (Å²) in [5, 5.41) is 12.4. The maximum atomic E-state index is 9.97. The van der Waals surface area contributed by atoms with Gasteiger partial charge in [0.15, 0.2) is 0 Å². The number of thiophene rings is 1. The molecule has 0 aliphatic carbocycles. The molecule has 2 aromatic heterocycles. The molecule has 0 radical (unpaired) electrons. The van der Waals surface area contributed by atoms with Crippen molar-refractivity contribution in [2.75, 3.05) is 26.2 Å². The van der Waals surface area contributed by atoms with Crippen LogP contribution in [0.5, 0.6) is 11.5 Å². The normalized spacial score (nSPS) is 15.3. The number of rotatable bonds is 6. The molecule has 1 N–H and O–H groups in total. The number of benzene rings is 3. The number of hydrogen-bond donors (Lipinski definition) is 1. The monoisotopic (exact) mass is 470 g/mol. The second-order valence-electron chi connectivity index (χ2n) is 9.31. The van der Waals surface area contributed by atoms with Crippen LogP contribution in [0.25, 0.3) is 31.2 Å². The van der Waals surface area contributed by atoms with Crippen molar-refractivity contribution < 1.29 is 9.84 Å². The Balaban J connectivity index is 1.23. The molecule has 1 aliphatic heterocycles. The van der Waals surface area contributed by atoms with Gasteiger partial charge in [-0.05, 0) is 67.9 Å². The van der Waals surface area contributed by atoms with Crippen LogP contribution in [-0.4, -0.2) is 40.8 Å². The minimum atomic E-state index is 0.318. The Morgan fingerprint density at radius 2 is 1.65 bits per heavy atom. The third-order valence-corrected chi connectivity index (χ3v) is 8.17. The van der Waals surface area contributed by atoms with Gasteiger partial charge < -0.3 is 14.4 Å². The largest absolute Gasteiger partial charge is 0.508 e. The predicted octanol–water partition coefficient (Wildman–Crippen LogP) is 7.02. The Kier molecular flexibility index (Phi) is 5.90. The van der Waals surface area contributed by atoms with E-state index < -0.39 is 0 Å². The first-order chi connectivity index (χ1) is 16.8. The van der Waals surface area contributed by atoms with Crippen LogP contribution < -0.4 is 4.74 Å². The topological polar surface area (TPSA) is 37.6 Å². The zero-order valence-corrected chi connectivity index (χ0v) is 20.2. The molecule has 5 heteroatoms. The molecule has 0 amide bonds. The molecule has 174 valence electrons. The molecule has 1 aliphatic rings. The molecule has 1 fully saturated rings. The van der Waals surface area contributed by atoms with Crippen LogP contribution >= 0.6 is 11.3 Å². The quantitative estimate of drug-likeness (QED) is 0.290. The number of aromatic hydroxyl groups is 1. The zero-order valence-electron chi connectivity index (χ0n) is 19.4. The van der Waals surface area contributed by atoms with Gasteiger partial charge in [-0.1, -0.05) is 43.2 Å². The number of fused-ring (bicyclic) bond motifs is 5. The van der Waals surface area contributed by atoms with Crippen molar-refractivity contribution in [1.29, 1.82) is 0 Å². The first-order valence-electron chi connectivity index (χ1n) is 12.3. The summed E-state index contributed by atoms with van der Waals surface area (Å²) in [6.07, 6.45) is 5.37. The van der Waals surface area contributed by atoms with E-state index in [4.69, 9.17) is 4.74 Å². The fourth-order valence-electron chi connectivity index (χ4n) is 5.23. The molecule has 0 spiro atoms. The summed E-state index contributed by atoms with van der Waals surface area (Å²) in [6.45, 7) is 4.97. The first kappa shape index (κ1) is 21.5. The van der Waals surface area contributed by atoms with Crippen molar-refractivity contribution in [3.8, 4) is 11.5 Å². The first-order valence-corrected chi connectivity index (χ1v) is 13.1. The minimum Gasteiger partial charge on any atom is -0.508 e. The number of phenols is 1. The van der Waals surface area contributed by atoms with Gasteiger partial charge in [0.2, 0.25) is 0 Å². The summed E-state index contributed by atoms with van der Waals surface area (Å²) in [5.74, 6) is 1.26. The number of ether oxygens (including phenoxy) is 1. The zero-order chi connectivity index (χ0) is 22.9. The molecule has 3 heterocycles. The third-order valence-electron chi connectivity index (χ3n) is 7.00. The molecule has 5 aromatic rings. The number of para-hydroxylation sites is 1. The fourth-order valence-corrected chi connectivity index (χ4v) is 6.51. The maximum absolute atomic E-state index is 9.97. The number of nitrogens with zero attached hydrogens (tertiary/aromatic N) is 2. The van der Waals surface area contributed by atoms with Crippen LogP contribution in [0.1, 0.15) is 31.2 Å². The van der Waals surface area contributed by atoms with E-state index in [0.29, 0.717) is 5.75 Å². The molecule has 0 unspecified atom stereocenters. The van der Waals surface area contributed by atoms with E-state index in [1.807, 2.05) is 12.1 Å². The summed E-state index contributed by atoms with van der Waals surface area (Å²) in [4.78, 5) is 2.54. The van der Waals surface area contributed by atoms with E-state index in [-0.39, 0.29) is 0 Å². The van der Waals surface area contributed by atoms with Crippen LogP contribution in [0.2, 0.25) is 0 Å². The van der Waals surface area contributed by atoms with Gasteiger partial charge in [0.25, 0.3) is 0 Å². The lowest BCUT2D eigenvalue weighted by Gasteiger charge is -2.19. The van der Waals surface area contributed by atoms with E-state index in [9.17, 15) is 5.11 Å². The third kappa shape index (κ3) is 4.15. The highest BCUT2D eigenvalue weighted by molar-refractivity contribution is 7.26. The summed E-state index contributed by atoms with van der Waals surface area (Å²) < 4.78 is 10.9. The van der Waals surface area contributed by atoms with E-state index in [1.54, 1.807) is 17.4 Å². The summed E-state index contributed by atoms with van der Waals surface area (Å²) >= 11 is 1.76. The highest BCUT2D eigenvalue weighted by atomic mass is 32.1. The van der Waals surface area contributed by atoms with E-state index in [1.165, 1.54) is 70.8 Å². The molecule has 0 bridgehead atoms. The molecule has 4 nitrogen and oxygen atoms in total. The lowest BCUT2D eigenvalue weighted by molar-refractivity contribution is 0.214. The minimum absolute atomic E-state index is 0.318. The second kappa shape index (κ2) is 9.32. The Labute approximate surface area is 204 Å². The van der Waals surface area contributed by atoms with Gasteiger partial charge in [0, 0.05) is 28.6 Å². The summed E-state index contributed by atoms with van der Waals surface area (Å²) in [7, 11) is 0. The SMILES string of the molecule is Oc1ccc2c(c1)sc1c3ccccc3n(Cc3ccc(OCCN4CCCCCC4)cc3)c21. The van der Waals surface area contributed by atoms with Gasteiger partial charge in [-0.15, -0.1) is 11.3 Å². The average Bonchev–Trinajstić information content (AvgIpc) is 3.22. The Morgan fingerprint density at radius 3 is 2.47 bits per heavy atom. The van der Waals surface area contributed by atoms with E-state index in [0.717, 1.165) is 30.1 Å². The summed E-state index contributed by atoms with van der Waals surface area (Å²) in [6, 6.07) is 22.9. The maximum Gasteiger partial charge on any atom is 0.119 e. The van der Waals surface area contributed by atoms with Gasteiger partial charge in [0.05, 0.1) is 15.7 Å². The molecule has 0 atom stereocenters. The van der Waals surface area contributed by atoms with Crippen molar-refractivity contribution in [1.82, 2.24) is 9.47 Å². The Morgan fingerprint density at radius 1 is 0.853 bits per heavy atom. The molecule has 3 aromatic carbocycles. The predicted molar refractivity (Wildman–Crippen MR) is 142 cm³/mol. The van der Waals surface area contributed by atoms with E-state index in [2.05, 4.69) is 58.0 Å². The lowest BCUT2D eigenvalue weighted by Crippen LogP contribution is -2.29. The van der Waals surface area contributed by atoms with Gasteiger partial charge in [-0.3, -0.25) is 4.90 Å². The standard InChI is InChI=1S/C29H30N2O2S/c32-22-11-14-25-27(19-22)34-29-24-7-3-4-8-26(24)31(28(25)29)20-21-9-12-23(13-10-21)33-18-17-30-15-5-1-2-6-16-30/h3-4,7-14,19,32H,1-2,5-6,15-18,20H2. The van der Waals surface area contributed by atoms with Gasteiger partial charge in [-0.25, -0.2) is 0 Å². The molecule has 6 rings (SSSR count). The van der Waals surface area contributed by atoms with Gasteiger partial charge in [0.1, 0.15) is 18.1 Å². The van der Waals surface area contributed by atoms with Crippen LogP contribution in [0.15, 0.2) is 66.7 Å². The number of hydrogen-bond acceptors (Lipinski definition) is 4. The van der Waals surface area contributed by atoms with Crippen molar-refractivity contribution in [3.63, 3.8) is 0 Å². The van der Waals surface area contributed by atoms with Gasteiger partial charge >= 0.3 is 0 Å². The second-order valence-corrected chi connectivity index (χ2v) is 10.4. The Hall–Kier alpha value is -3.02. The number of aromatic nitrogens is 1. The fraction of sp³-hybridized carbons (Fsp3) is 0.310. The van der Waals surface area contributed by atoms with E-state index >= 15 is 0 Å². The number of likely N-dealkylation sites (tertiary alicyclic amines) is 1.